The zero-order chi connectivity index (χ0) is 13.3. The molecule has 0 saturated heterocycles. The molecule has 0 heterocycles. The van der Waals surface area contributed by atoms with E-state index in [1.54, 1.807) is 0 Å². The van der Waals surface area contributed by atoms with Gasteiger partial charge >= 0.3 is 0 Å². The van der Waals surface area contributed by atoms with Gasteiger partial charge in [-0.2, -0.15) is 0 Å². The minimum absolute atomic E-state index is 0.00710. The smallest absolute Gasteiger partial charge is 0.225 e. The van der Waals surface area contributed by atoms with Crippen LogP contribution in [0.4, 0.5) is 0 Å². The van der Waals surface area contributed by atoms with Crippen molar-refractivity contribution in [2.75, 3.05) is 20.1 Å². The monoisotopic (exact) mass is 240 g/mol. The predicted octanol–water partition coefficient (Wildman–Crippen LogP) is 2.26. The maximum absolute atomic E-state index is 12.4. The van der Waals surface area contributed by atoms with Crippen LogP contribution in [-0.4, -0.2) is 30.9 Å². The standard InChI is InChI=1S/C14H28N2O/c1-13(2,9-15)10-16(5)12(17)11-7-6-8-14(11,3)4/h11H,6-10,15H2,1-5H3. The number of hydrogen-bond acceptors (Lipinski definition) is 2. The molecule has 0 spiro atoms. The Morgan fingerprint density at radius 3 is 2.47 bits per heavy atom. The highest BCUT2D eigenvalue weighted by Crippen LogP contribution is 2.43. The van der Waals surface area contributed by atoms with Crippen LogP contribution in [0.1, 0.15) is 47.0 Å². The van der Waals surface area contributed by atoms with Gasteiger partial charge in [0.05, 0.1) is 0 Å². The quantitative estimate of drug-likeness (QED) is 0.819. The van der Waals surface area contributed by atoms with Crippen molar-refractivity contribution in [2.45, 2.75) is 47.0 Å². The summed E-state index contributed by atoms with van der Waals surface area (Å²) in [6.45, 7) is 10.00. The zero-order valence-corrected chi connectivity index (χ0v) is 12.0. The van der Waals surface area contributed by atoms with Crippen LogP contribution < -0.4 is 5.73 Å². The number of carbonyl (C=O) groups is 1. The summed E-state index contributed by atoms with van der Waals surface area (Å²) in [5.74, 6) is 0.495. The Morgan fingerprint density at radius 2 is 2.06 bits per heavy atom. The normalized spacial score (nSPS) is 23.8. The molecule has 1 atom stereocenters. The molecule has 17 heavy (non-hydrogen) atoms. The van der Waals surface area contributed by atoms with E-state index in [0.717, 1.165) is 19.4 Å². The molecule has 1 rings (SSSR count). The van der Waals surface area contributed by atoms with Crippen molar-refractivity contribution in [3.63, 3.8) is 0 Å². The van der Waals surface area contributed by atoms with Gasteiger partial charge in [0, 0.05) is 19.5 Å². The van der Waals surface area contributed by atoms with Crippen LogP contribution in [0.3, 0.4) is 0 Å². The van der Waals surface area contributed by atoms with Crippen molar-refractivity contribution < 1.29 is 4.79 Å². The van der Waals surface area contributed by atoms with Crippen LogP contribution in [0.25, 0.3) is 0 Å². The Bertz CT molecular complexity index is 284. The Hall–Kier alpha value is -0.570. The fourth-order valence-electron chi connectivity index (χ4n) is 2.84. The second-order valence-corrected chi connectivity index (χ2v) is 7.00. The van der Waals surface area contributed by atoms with Gasteiger partial charge in [0.25, 0.3) is 0 Å². The Balaban J connectivity index is 2.64. The first kappa shape index (κ1) is 14.5. The molecule has 0 aromatic carbocycles. The molecule has 0 aromatic rings. The number of amides is 1. The fourth-order valence-corrected chi connectivity index (χ4v) is 2.84. The zero-order valence-electron chi connectivity index (χ0n) is 12.0. The number of nitrogens with two attached hydrogens (primary N) is 1. The van der Waals surface area contributed by atoms with E-state index < -0.39 is 0 Å². The molecule has 0 bridgehead atoms. The minimum atomic E-state index is 0.00710. The average Bonchev–Trinajstić information content (AvgIpc) is 2.56. The first-order valence-electron chi connectivity index (χ1n) is 6.65. The summed E-state index contributed by atoms with van der Waals surface area (Å²) < 4.78 is 0. The second kappa shape index (κ2) is 4.97. The summed E-state index contributed by atoms with van der Waals surface area (Å²) in [4.78, 5) is 14.3. The van der Waals surface area contributed by atoms with Crippen LogP contribution in [0.2, 0.25) is 0 Å². The maximum Gasteiger partial charge on any atom is 0.225 e. The van der Waals surface area contributed by atoms with Gasteiger partial charge in [-0.1, -0.05) is 34.1 Å². The summed E-state index contributed by atoms with van der Waals surface area (Å²) in [5.41, 5.74) is 5.90. The molecule has 1 aliphatic carbocycles. The van der Waals surface area contributed by atoms with Crippen molar-refractivity contribution in [1.82, 2.24) is 4.90 Å². The number of rotatable bonds is 4. The van der Waals surface area contributed by atoms with Gasteiger partial charge in [-0.15, -0.1) is 0 Å². The van der Waals surface area contributed by atoms with Gasteiger partial charge < -0.3 is 10.6 Å². The molecule has 1 aliphatic rings. The van der Waals surface area contributed by atoms with E-state index in [1.807, 2.05) is 11.9 Å². The number of nitrogens with zero attached hydrogens (tertiary/aromatic N) is 1. The molecule has 2 N–H and O–H groups in total. The third-order valence-electron chi connectivity index (χ3n) is 4.15. The molecule has 1 saturated carbocycles. The van der Waals surface area contributed by atoms with E-state index in [0.29, 0.717) is 12.5 Å². The molecule has 100 valence electrons. The summed E-state index contributed by atoms with van der Waals surface area (Å²) in [6, 6.07) is 0. The van der Waals surface area contributed by atoms with Gasteiger partial charge in [0.1, 0.15) is 0 Å². The van der Waals surface area contributed by atoms with E-state index in [4.69, 9.17) is 5.73 Å². The summed E-state index contributed by atoms with van der Waals surface area (Å²) in [5, 5.41) is 0. The van der Waals surface area contributed by atoms with E-state index >= 15 is 0 Å². The lowest BCUT2D eigenvalue weighted by Gasteiger charge is -2.34. The van der Waals surface area contributed by atoms with E-state index in [-0.39, 0.29) is 16.7 Å². The fraction of sp³-hybridized carbons (Fsp3) is 0.929. The summed E-state index contributed by atoms with van der Waals surface area (Å²) in [7, 11) is 1.91. The van der Waals surface area contributed by atoms with Crippen molar-refractivity contribution in [3.8, 4) is 0 Å². The predicted molar refractivity (Wildman–Crippen MR) is 71.6 cm³/mol. The van der Waals surface area contributed by atoms with Crippen LogP contribution >= 0.6 is 0 Å². The van der Waals surface area contributed by atoms with Crippen molar-refractivity contribution >= 4 is 5.91 Å². The Labute approximate surface area is 106 Å². The number of hydrogen-bond donors (Lipinski definition) is 1. The first-order chi connectivity index (χ1) is 7.69. The van der Waals surface area contributed by atoms with Gasteiger partial charge in [0.15, 0.2) is 0 Å². The highest BCUT2D eigenvalue weighted by atomic mass is 16.2. The second-order valence-electron chi connectivity index (χ2n) is 7.00. The lowest BCUT2D eigenvalue weighted by Crippen LogP contribution is -2.44. The third kappa shape index (κ3) is 3.44. The largest absolute Gasteiger partial charge is 0.345 e. The molecular formula is C14H28N2O. The van der Waals surface area contributed by atoms with Crippen LogP contribution in [0.15, 0.2) is 0 Å². The number of carbonyl (C=O) groups excluding carboxylic acids is 1. The molecule has 3 nitrogen and oxygen atoms in total. The lowest BCUT2D eigenvalue weighted by atomic mass is 9.80. The van der Waals surface area contributed by atoms with E-state index in [2.05, 4.69) is 27.7 Å². The van der Waals surface area contributed by atoms with E-state index in [1.165, 1.54) is 6.42 Å². The van der Waals surface area contributed by atoms with Gasteiger partial charge in [0.2, 0.25) is 5.91 Å². The van der Waals surface area contributed by atoms with Gasteiger partial charge in [-0.25, -0.2) is 0 Å². The van der Waals surface area contributed by atoms with E-state index in [9.17, 15) is 4.79 Å². The molecule has 0 aromatic heterocycles. The Morgan fingerprint density at radius 1 is 1.47 bits per heavy atom. The van der Waals surface area contributed by atoms with Crippen LogP contribution in [0, 0.1) is 16.7 Å². The molecular weight excluding hydrogens is 212 g/mol. The summed E-state index contributed by atoms with van der Waals surface area (Å²) >= 11 is 0. The Kier molecular flexibility index (Phi) is 4.23. The molecule has 0 aliphatic heterocycles. The molecule has 0 radical (unpaired) electrons. The van der Waals surface area contributed by atoms with Crippen molar-refractivity contribution in [2.24, 2.45) is 22.5 Å². The minimum Gasteiger partial charge on any atom is -0.345 e. The molecule has 1 unspecified atom stereocenters. The van der Waals surface area contributed by atoms with Gasteiger partial charge in [-0.05, 0) is 30.2 Å². The maximum atomic E-state index is 12.4. The average molecular weight is 240 g/mol. The molecule has 1 amide bonds. The topological polar surface area (TPSA) is 46.3 Å². The van der Waals surface area contributed by atoms with Crippen molar-refractivity contribution in [1.29, 1.82) is 0 Å². The van der Waals surface area contributed by atoms with Crippen LogP contribution in [0.5, 0.6) is 0 Å². The third-order valence-corrected chi connectivity index (χ3v) is 4.15. The lowest BCUT2D eigenvalue weighted by molar-refractivity contribution is -0.138. The molecule has 1 fully saturated rings. The van der Waals surface area contributed by atoms with Gasteiger partial charge in [-0.3, -0.25) is 4.79 Å². The van der Waals surface area contributed by atoms with Crippen LogP contribution in [-0.2, 0) is 4.79 Å². The summed E-state index contributed by atoms with van der Waals surface area (Å²) in [6.07, 6.45) is 3.38. The SMILES string of the molecule is CN(CC(C)(C)CN)C(=O)C1CCCC1(C)C. The van der Waals surface area contributed by atoms with Crippen molar-refractivity contribution in [3.05, 3.63) is 0 Å². The molecule has 3 heteroatoms. The highest BCUT2D eigenvalue weighted by molar-refractivity contribution is 5.79. The highest BCUT2D eigenvalue weighted by Gasteiger charge is 2.41. The first-order valence-corrected chi connectivity index (χ1v) is 6.65.